The molecule has 128 valence electrons. The van der Waals surface area contributed by atoms with Gasteiger partial charge in [-0.3, -0.25) is 4.99 Å². The van der Waals surface area contributed by atoms with Gasteiger partial charge in [-0.15, -0.1) is 0 Å². The fraction of sp³-hybridized carbons (Fsp3) is 0.562. The minimum absolute atomic E-state index is 0.225. The number of halogens is 3. The van der Waals surface area contributed by atoms with E-state index in [0.717, 1.165) is 37.1 Å². The van der Waals surface area contributed by atoms with Gasteiger partial charge in [-0.05, 0) is 37.0 Å². The van der Waals surface area contributed by atoms with Crippen molar-refractivity contribution in [3.63, 3.8) is 0 Å². The molecule has 1 aromatic rings. The van der Waals surface area contributed by atoms with Gasteiger partial charge in [-0.1, -0.05) is 12.1 Å². The van der Waals surface area contributed by atoms with Crippen molar-refractivity contribution in [1.82, 2.24) is 10.6 Å². The van der Waals surface area contributed by atoms with E-state index in [4.69, 9.17) is 4.74 Å². The first-order valence-corrected chi connectivity index (χ1v) is 7.71. The van der Waals surface area contributed by atoms with Gasteiger partial charge in [0.15, 0.2) is 5.96 Å². The molecule has 1 saturated heterocycles. The average Bonchev–Trinajstić information content (AvgIpc) is 3.03. The molecule has 0 aliphatic carbocycles. The topological polar surface area (TPSA) is 45.7 Å². The summed E-state index contributed by atoms with van der Waals surface area (Å²) in [6.45, 7) is 2.11. The smallest absolute Gasteiger partial charge is 0.376 e. The molecule has 1 fully saturated rings. The van der Waals surface area contributed by atoms with E-state index in [1.165, 1.54) is 12.1 Å². The number of nitrogens with zero attached hydrogens (tertiary/aromatic N) is 1. The monoisotopic (exact) mass is 329 g/mol. The zero-order valence-corrected chi connectivity index (χ0v) is 13.1. The second-order valence-electron chi connectivity index (χ2n) is 5.46. The van der Waals surface area contributed by atoms with Gasteiger partial charge in [0.2, 0.25) is 0 Å². The van der Waals surface area contributed by atoms with Crippen LogP contribution in [0.1, 0.15) is 24.0 Å². The van der Waals surface area contributed by atoms with Crippen LogP contribution in [0.5, 0.6) is 0 Å². The number of benzene rings is 1. The second kappa shape index (κ2) is 8.19. The zero-order chi connectivity index (χ0) is 16.7. The molecule has 2 rings (SSSR count). The first kappa shape index (κ1) is 17.6. The molecule has 0 amide bonds. The van der Waals surface area contributed by atoms with Crippen molar-refractivity contribution < 1.29 is 17.9 Å². The number of nitrogens with one attached hydrogen (secondary N) is 2. The van der Waals surface area contributed by atoms with E-state index in [0.29, 0.717) is 25.5 Å². The van der Waals surface area contributed by atoms with Gasteiger partial charge < -0.3 is 15.4 Å². The lowest BCUT2D eigenvalue weighted by Crippen LogP contribution is -2.41. The summed E-state index contributed by atoms with van der Waals surface area (Å²) in [6.07, 6.45) is -1.30. The van der Waals surface area contributed by atoms with Gasteiger partial charge >= 0.3 is 6.18 Å². The lowest BCUT2D eigenvalue weighted by molar-refractivity contribution is -0.137. The van der Waals surface area contributed by atoms with Crippen LogP contribution in [-0.2, 0) is 17.3 Å². The van der Waals surface area contributed by atoms with Crippen LogP contribution in [0.15, 0.2) is 29.3 Å². The Morgan fingerprint density at radius 2 is 2.00 bits per heavy atom. The number of hydrogen-bond donors (Lipinski definition) is 2. The lowest BCUT2D eigenvalue weighted by atomic mass is 10.1. The maximum Gasteiger partial charge on any atom is 0.416 e. The van der Waals surface area contributed by atoms with E-state index in [9.17, 15) is 13.2 Å². The highest BCUT2D eigenvalue weighted by Gasteiger charge is 2.29. The van der Waals surface area contributed by atoms with E-state index in [2.05, 4.69) is 15.6 Å². The van der Waals surface area contributed by atoms with Gasteiger partial charge in [0.25, 0.3) is 0 Å². The van der Waals surface area contributed by atoms with Crippen molar-refractivity contribution >= 4 is 5.96 Å². The first-order valence-electron chi connectivity index (χ1n) is 7.71. The fourth-order valence-corrected chi connectivity index (χ4v) is 2.42. The average molecular weight is 329 g/mol. The Hall–Kier alpha value is -1.76. The molecule has 1 unspecified atom stereocenters. The molecule has 0 saturated carbocycles. The molecular weight excluding hydrogens is 307 g/mol. The Morgan fingerprint density at radius 3 is 2.57 bits per heavy atom. The van der Waals surface area contributed by atoms with Crippen LogP contribution in [0.2, 0.25) is 0 Å². The molecule has 0 aromatic heterocycles. The summed E-state index contributed by atoms with van der Waals surface area (Å²) in [6, 6.07) is 5.24. The Labute approximate surface area is 134 Å². The third-order valence-corrected chi connectivity index (χ3v) is 3.73. The highest BCUT2D eigenvalue weighted by Crippen LogP contribution is 2.29. The van der Waals surface area contributed by atoms with Gasteiger partial charge in [-0.2, -0.15) is 13.2 Å². The summed E-state index contributed by atoms with van der Waals surface area (Å²) in [5, 5.41) is 6.34. The second-order valence-corrected chi connectivity index (χ2v) is 5.46. The van der Waals surface area contributed by atoms with E-state index >= 15 is 0 Å². The Bertz CT molecular complexity index is 508. The summed E-state index contributed by atoms with van der Waals surface area (Å²) in [7, 11) is 1.68. The molecule has 0 bridgehead atoms. The molecule has 0 radical (unpaired) electrons. The van der Waals surface area contributed by atoms with E-state index in [1.54, 1.807) is 7.05 Å². The van der Waals surface area contributed by atoms with Gasteiger partial charge in [0.05, 0.1) is 11.7 Å². The minimum Gasteiger partial charge on any atom is -0.376 e. The summed E-state index contributed by atoms with van der Waals surface area (Å²) < 4.78 is 43.0. The Balaban J connectivity index is 1.72. The van der Waals surface area contributed by atoms with Crippen molar-refractivity contribution in [3.05, 3.63) is 35.4 Å². The SMILES string of the molecule is CN=C(NCCc1ccc(C(F)(F)F)cc1)NCC1CCCO1. The molecule has 23 heavy (non-hydrogen) atoms. The Kier molecular flexibility index (Phi) is 6.27. The zero-order valence-electron chi connectivity index (χ0n) is 13.1. The largest absolute Gasteiger partial charge is 0.416 e. The minimum atomic E-state index is -4.29. The van der Waals surface area contributed by atoms with Crippen LogP contribution in [-0.4, -0.2) is 38.8 Å². The number of rotatable bonds is 5. The number of alkyl halides is 3. The molecule has 7 heteroatoms. The molecule has 1 aliphatic rings. The number of aliphatic imine (C=N–C) groups is 1. The molecule has 1 aromatic carbocycles. The van der Waals surface area contributed by atoms with Crippen LogP contribution in [0, 0.1) is 0 Å². The molecular formula is C16H22F3N3O. The number of hydrogen-bond acceptors (Lipinski definition) is 2. The quantitative estimate of drug-likeness (QED) is 0.645. The normalized spacial score (nSPS) is 19.0. The van der Waals surface area contributed by atoms with Crippen molar-refractivity contribution in [3.8, 4) is 0 Å². The van der Waals surface area contributed by atoms with Crippen LogP contribution in [0.25, 0.3) is 0 Å². The number of ether oxygens (including phenoxy) is 1. The standard InChI is InChI=1S/C16H22F3N3O/c1-20-15(22-11-14-3-2-10-23-14)21-9-8-12-4-6-13(7-5-12)16(17,18)19/h4-7,14H,2-3,8-11H2,1H3,(H2,20,21,22). The van der Waals surface area contributed by atoms with E-state index in [-0.39, 0.29) is 6.10 Å². The van der Waals surface area contributed by atoms with Crippen molar-refractivity contribution in [1.29, 1.82) is 0 Å². The maximum absolute atomic E-state index is 12.5. The lowest BCUT2D eigenvalue weighted by Gasteiger charge is -2.15. The highest BCUT2D eigenvalue weighted by molar-refractivity contribution is 5.79. The highest BCUT2D eigenvalue weighted by atomic mass is 19.4. The van der Waals surface area contributed by atoms with Crippen LogP contribution in [0.4, 0.5) is 13.2 Å². The van der Waals surface area contributed by atoms with Crippen molar-refractivity contribution in [2.24, 2.45) is 4.99 Å². The van der Waals surface area contributed by atoms with E-state index < -0.39 is 11.7 Å². The van der Waals surface area contributed by atoms with Crippen LogP contribution in [0.3, 0.4) is 0 Å². The summed E-state index contributed by atoms with van der Waals surface area (Å²) in [5.74, 6) is 0.674. The van der Waals surface area contributed by atoms with Gasteiger partial charge in [0.1, 0.15) is 0 Å². The summed E-state index contributed by atoms with van der Waals surface area (Å²) in [5.41, 5.74) is 0.225. The maximum atomic E-state index is 12.5. The fourth-order valence-electron chi connectivity index (χ4n) is 2.42. The van der Waals surface area contributed by atoms with Crippen LogP contribution < -0.4 is 10.6 Å². The summed E-state index contributed by atoms with van der Waals surface area (Å²) >= 11 is 0. The van der Waals surface area contributed by atoms with Gasteiger partial charge in [-0.25, -0.2) is 0 Å². The third-order valence-electron chi connectivity index (χ3n) is 3.73. The predicted molar refractivity (Wildman–Crippen MR) is 83.5 cm³/mol. The molecule has 4 nitrogen and oxygen atoms in total. The molecule has 0 spiro atoms. The molecule has 1 atom stereocenters. The molecule has 1 heterocycles. The van der Waals surface area contributed by atoms with Crippen LogP contribution >= 0.6 is 0 Å². The Morgan fingerprint density at radius 1 is 1.26 bits per heavy atom. The number of guanidine groups is 1. The third kappa shape index (κ3) is 5.74. The summed E-state index contributed by atoms with van der Waals surface area (Å²) in [4.78, 5) is 4.12. The molecule has 2 N–H and O–H groups in total. The first-order chi connectivity index (χ1) is 11.0. The van der Waals surface area contributed by atoms with Crippen molar-refractivity contribution in [2.75, 3.05) is 26.7 Å². The van der Waals surface area contributed by atoms with Crippen molar-refractivity contribution in [2.45, 2.75) is 31.5 Å². The van der Waals surface area contributed by atoms with E-state index in [1.807, 2.05) is 0 Å². The van der Waals surface area contributed by atoms with Gasteiger partial charge in [0, 0.05) is 26.7 Å². The molecule has 1 aliphatic heterocycles. The predicted octanol–water partition coefficient (Wildman–Crippen LogP) is 2.59.